The fraction of sp³-hybridized carbons (Fsp3) is 0.486. The first-order valence-electron chi connectivity index (χ1n) is 16.9. The summed E-state index contributed by atoms with van der Waals surface area (Å²) in [6, 6.07) is 14.0. The predicted molar refractivity (Wildman–Crippen MR) is 191 cm³/mol. The summed E-state index contributed by atoms with van der Waals surface area (Å²) in [6.45, 7) is 8.80. The summed E-state index contributed by atoms with van der Waals surface area (Å²) < 4.78 is 12.0. The molecule has 4 aromatic rings. The maximum Gasteiger partial charge on any atom is 0.407 e. The number of rotatable bonds is 16. The van der Waals surface area contributed by atoms with E-state index in [1.807, 2.05) is 43.3 Å². The van der Waals surface area contributed by atoms with E-state index in [-0.39, 0.29) is 6.04 Å². The predicted octanol–water partition coefficient (Wildman–Crippen LogP) is 8.77. The van der Waals surface area contributed by atoms with Gasteiger partial charge in [0, 0.05) is 29.9 Å². The number of ether oxygens (including phenoxy) is 2. The zero-order valence-electron chi connectivity index (χ0n) is 28.3. The van der Waals surface area contributed by atoms with Crippen molar-refractivity contribution < 1.29 is 19.4 Å². The molecule has 3 heterocycles. The molecular formula is C37H49N5O4S. The molecule has 0 saturated carbocycles. The van der Waals surface area contributed by atoms with E-state index < -0.39 is 6.09 Å². The lowest BCUT2D eigenvalue weighted by Gasteiger charge is -2.26. The molecule has 1 aliphatic rings. The molecule has 0 aliphatic carbocycles. The molecule has 252 valence electrons. The van der Waals surface area contributed by atoms with Crippen LogP contribution >= 0.6 is 11.3 Å². The normalized spacial score (nSPS) is 14.2. The second kappa shape index (κ2) is 16.8. The summed E-state index contributed by atoms with van der Waals surface area (Å²) in [7, 11) is 3.25. The van der Waals surface area contributed by atoms with Crippen LogP contribution in [0, 0.1) is 6.92 Å². The Morgan fingerprint density at radius 3 is 2.60 bits per heavy atom. The highest BCUT2D eigenvalue weighted by molar-refractivity contribution is 7.10. The third kappa shape index (κ3) is 9.35. The minimum Gasteiger partial charge on any atom is -0.493 e. The van der Waals surface area contributed by atoms with Crippen LogP contribution in [-0.2, 0) is 6.54 Å². The molecule has 0 unspecified atom stereocenters. The largest absolute Gasteiger partial charge is 0.493 e. The first-order valence-corrected chi connectivity index (χ1v) is 17.8. The summed E-state index contributed by atoms with van der Waals surface area (Å²) >= 11 is 1.67. The van der Waals surface area contributed by atoms with E-state index in [4.69, 9.17) is 19.4 Å². The van der Waals surface area contributed by atoms with Crippen LogP contribution in [0.2, 0.25) is 0 Å². The van der Waals surface area contributed by atoms with E-state index in [1.165, 1.54) is 69.5 Å². The summed E-state index contributed by atoms with van der Waals surface area (Å²) in [5, 5.41) is 16.0. The Balaban J connectivity index is 1.20. The molecule has 1 fully saturated rings. The van der Waals surface area contributed by atoms with Gasteiger partial charge in [0.15, 0.2) is 11.5 Å². The van der Waals surface area contributed by atoms with Crippen molar-refractivity contribution in [2.45, 2.75) is 77.8 Å². The first-order chi connectivity index (χ1) is 22.8. The molecule has 0 bridgehead atoms. The van der Waals surface area contributed by atoms with Gasteiger partial charge in [0.1, 0.15) is 11.6 Å². The van der Waals surface area contributed by atoms with Crippen LogP contribution in [0.5, 0.6) is 11.5 Å². The van der Waals surface area contributed by atoms with Gasteiger partial charge in [-0.3, -0.25) is 0 Å². The molecule has 2 aromatic heterocycles. The molecule has 47 heavy (non-hydrogen) atoms. The molecule has 1 saturated heterocycles. The van der Waals surface area contributed by atoms with Gasteiger partial charge >= 0.3 is 6.09 Å². The quantitative estimate of drug-likeness (QED) is 0.115. The number of aryl methyl sites for hydroxylation is 1. The Bertz CT molecular complexity index is 1620. The Morgan fingerprint density at radius 1 is 1.04 bits per heavy atom. The van der Waals surface area contributed by atoms with Crippen LogP contribution < -0.4 is 14.8 Å². The topological polar surface area (TPSA) is 100 Å². The van der Waals surface area contributed by atoms with Gasteiger partial charge in [-0.15, -0.1) is 11.3 Å². The average Bonchev–Trinajstić information content (AvgIpc) is 3.57. The molecule has 0 spiro atoms. The maximum absolute atomic E-state index is 11.4. The number of thiophene rings is 1. The van der Waals surface area contributed by atoms with Gasteiger partial charge in [-0.2, -0.15) is 0 Å². The van der Waals surface area contributed by atoms with Gasteiger partial charge in [0.2, 0.25) is 0 Å². The molecule has 1 aliphatic heterocycles. The fourth-order valence-corrected chi connectivity index (χ4v) is 7.14. The van der Waals surface area contributed by atoms with Crippen LogP contribution in [0.1, 0.15) is 80.6 Å². The fourth-order valence-electron chi connectivity index (χ4n) is 6.23. The van der Waals surface area contributed by atoms with Crippen molar-refractivity contribution in [3.05, 3.63) is 64.1 Å². The highest BCUT2D eigenvalue weighted by Crippen LogP contribution is 2.37. The zero-order valence-corrected chi connectivity index (χ0v) is 29.1. The van der Waals surface area contributed by atoms with Gasteiger partial charge in [-0.05, 0) is 93.4 Å². The number of piperidine rings is 1. The van der Waals surface area contributed by atoms with Crippen molar-refractivity contribution in [3.63, 3.8) is 0 Å². The molecule has 9 nitrogen and oxygen atoms in total. The van der Waals surface area contributed by atoms with E-state index in [1.54, 1.807) is 25.5 Å². The number of likely N-dealkylation sites (tertiary alicyclic amines) is 1. The summed E-state index contributed by atoms with van der Waals surface area (Å²) in [5.41, 5.74) is 3.87. The molecule has 2 aromatic carbocycles. The molecule has 1 atom stereocenters. The molecular weight excluding hydrogens is 611 g/mol. The van der Waals surface area contributed by atoms with Crippen molar-refractivity contribution in [2.24, 2.45) is 0 Å². The number of aromatic nitrogens is 2. The Labute approximate surface area is 282 Å². The standard InChI is InChI=1S/C37H49N5O4S/c1-26(35-21-29(25-47-35)30-16-10-9-15-28(30)24-41(3)37(43)44)38-36-31-22-33(45-4)34(23-32(31)39-27(2)40-36)46-20-14-7-5-6-11-17-42-18-12-8-13-19-42/h9-10,15-16,21-23,25-26H,5-8,11-14,17-20,24H2,1-4H3,(H,43,44)(H,38,39,40)/t26-/m1/s1. The zero-order chi connectivity index (χ0) is 33.2. The number of anilines is 1. The van der Waals surface area contributed by atoms with Crippen molar-refractivity contribution >= 4 is 34.2 Å². The minimum absolute atomic E-state index is 0.0260. The number of nitrogens with one attached hydrogen (secondary N) is 1. The van der Waals surface area contributed by atoms with Gasteiger partial charge in [-0.25, -0.2) is 14.8 Å². The van der Waals surface area contributed by atoms with Crippen molar-refractivity contribution in [1.29, 1.82) is 0 Å². The smallest absolute Gasteiger partial charge is 0.407 e. The van der Waals surface area contributed by atoms with E-state index >= 15 is 0 Å². The number of methoxy groups -OCH3 is 1. The monoisotopic (exact) mass is 659 g/mol. The van der Waals surface area contributed by atoms with Gasteiger partial charge in [-0.1, -0.05) is 49.9 Å². The molecule has 10 heteroatoms. The molecule has 0 radical (unpaired) electrons. The second-order valence-corrected chi connectivity index (χ2v) is 13.5. The van der Waals surface area contributed by atoms with Crippen molar-refractivity contribution in [1.82, 2.24) is 19.8 Å². The van der Waals surface area contributed by atoms with E-state index in [9.17, 15) is 9.90 Å². The number of hydrogen-bond acceptors (Lipinski definition) is 8. The van der Waals surface area contributed by atoms with Crippen LogP contribution in [0.25, 0.3) is 22.0 Å². The summed E-state index contributed by atoms with van der Waals surface area (Å²) in [4.78, 5) is 26.0. The van der Waals surface area contributed by atoms with Crippen LogP contribution in [0.15, 0.2) is 47.8 Å². The van der Waals surface area contributed by atoms with Gasteiger partial charge < -0.3 is 29.7 Å². The lowest BCUT2D eigenvalue weighted by Crippen LogP contribution is -2.30. The maximum atomic E-state index is 11.4. The molecule has 2 N–H and O–H groups in total. The Hall–Kier alpha value is -3.89. The molecule has 5 rings (SSSR count). The highest BCUT2D eigenvalue weighted by atomic mass is 32.1. The lowest BCUT2D eigenvalue weighted by atomic mass is 10.0. The van der Waals surface area contributed by atoms with Crippen molar-refractivity contribution in [2.75, 3.05) is 45.7 Å². The highest BCUT2D eigenvalue weighted by Gasteiger charge is 2.18. The van der Waals surface area contributed by atoms with E-state index in [0.29, 0.717) is 30.5 Å². The number of carbonyl (C=O) groups is 1. The summed E-state index contributed by atoms with van der Waals surface area (Å²) in [6.07, 6.45) is 9.17. The van der Waals surface area contributed by atoms with Gasteiger partial charge in [0.05, 0.1) is 25.3 Å². The number of nitrogens with zero attached hydrogens (tertiary/aromatic N) is 4. The van der Waals surface area contributed by atoms with E-state index in [0.717, 1.165) is 44.7 Å². The van der Waals surface area contributed by atoms with Crippen molar-refractivity contribution in [3.8, 4) is 22.6 Å². The number of benzene rings is 2. The SMILES string of the molecule is COc1cc2c(N[C@H](C)c3cc(-c4ccccc4CN(C)C(=O)O)cs3)nc(C)nc2cc1OCCCCCCCN1CCCCC1. The Kier molecular flexibility index (Phi) is 12.3. The van der Waals surface area contributed by atoms with Crippen LogP contribution in [-0.4, -0.2) is 71.4 Å². The number of hydrogen-bond donors (Lipinski definition) is 2. The first kappa shape index (κ1) is 34.4. The van der Waals surface area contributed by atoms with Gasteiger partial charge in [0.25, 0.3) is 0 Å². The van der Waals surface area contributed by atoms with E-state index in [2.05, 4.69) is 28.6 Å². The summed E-state index contributed by atoms with van der Waals surface area (Å²) in [5.74, 6) is 2.80. The Morgan fingerprint density at radius 2 is 1.81 bits per heavy atom. The van der Waals surface area contributed by atoms with Crippen LogP contribution in [0.4, 0.5) is 10.6 Å². The third-order valence-electron chi connectivity index (χ3n) is 8.88. The number of unbranched alkanes of at least 4 members (excludes halogenated alkanes) is 4. The number of fused-ring (bicyclic) bond motifs is 1. The number of amides is 1. The molecule has 1 amide bonds. The van der Waals surface area contributed by atoms with Crippen LogP contribution in [0.3, 0.4) is 0 Å². The minimum atomic E-state index is -0.949. The number of carboxylic acid groups (broad SMARTS) is 1. The lowest BCUT2D eigenvalue weighted by molar-refractivity contribution is 0.154. The average molecular weight is 660 g/mol. The second-order valence-electron chi connectivity index (χ2n) is 12.6. The third-order valence-corrected chi connectivity index (χ3v) is 10.00.